The standard InChI is InChI=1S/C19H15N2O.HI/c1-22-15-12-10-14(11-13-15)21-18-8-4-2-6-16(18)20-17-7-3-5-9-19(17)21;/h2-13H,1H3;1H/q+1;/p-1. The highest BCUT2D eigenvalue weighted by Crippen LogP contribution is 2.18. The fourth-order valence-corrected chi connectivity index (χ4v) is 2.76. The molecule has 4 aromatic rings. The van der Waals surface area contributed by atoms with E-state index in [4.69, 9.17) is 9.72 Å². The number of benzene rings is 3. The lowest BCUT2D eigenvalue weighted by molar-refractivity contribution is -0.538. The Kier molecular flexibility index (Phi) is 4.43. The molecule has 0 saturated heterocycles. The molecule has 0 amide bonds. The van der Waals surface area contributed by atoms with Crippen molar-refractivity contribution in [3.63, 3.8) is 0 Å². The molecule has 114 valence electrons. The van der Waals surface area contributed by atoms with Crippen molar-refractivity contribution in [1.29, 1.82) is 0 Å². The number of rotatable bonds is 2. The largest absolute Gasteiger partial charge is 1.00 e. The van der Waals surface area contributed by atoms with Gasteiger partial charge in [-0.3, -0.25) is 0 Å². The fourth-order valence-electron chi connectivity index (χ4n) is 2.76. The van der Waals surface area contributed by atoms with E-state index in [1.165, 1.54) is 0 Å². The SMILES string of the molecule is COc1ccc(-[n+]2c3ccccc3nc3ccccc32)cc1.[I-]. The van der Waals surface area contributed by atoms with Gasteiger partial charge < -0.3 is 28.7 Å². The highest BCUT2D eigenvalue weighted by molar-refractivity contribution is 5.82. The van der Waals surface area contributed by atoms with Crippen molar-refractivity contribution in [3.05, 3.63) is 72.8 Å². The molecule has 3 aromatic carbocycles. The van der Waals surface area contributed by atoms with E-state index < -0.39 is 0 Å². The summed E-state index contributed by atoms with van der Waals surface area (Å²) in [7, 11) is 1.68. The second kappa shape index (κ2) is 6.50. The summed E-state index contributed by atoms with van der Waals surface area (Å²) in [6.45, 7) is 0. The van der Waals surface area contributed by atoms with Gasteiger partial charge in [0, 0.05) is 24.3 Å². The van der Waals surface area contributed by atoms with Gasteiger partial charge in [-0.2, -0.15) is 0 Å². The molecular formula is C19H15IN2O. The Morgan fingerprint density at radius 1 is 0.739 bits per heavy atom. The Hall–Kier alpha value is -2.21. The zero-order valence-corrected chi connectivity index (χ0v) is 14.8. The Bertz CT molecular complexity index is 914. The maximum Gasteiger partial charge on any atom is 0.237 e. The van der Waals surface area contributed by atoms with Crippen LogP contribution in [-0.4, -0.2) is 12.1 Å². The average molecular weight is 414 g/mol. The molecule has 0 radical (unpaired) electrons. The summed E-state index contributed by atoms with van der Waals surface area (Å²) < 4.78 is 7.49. The molecule has 1 heterocycles. The Labute approximate surface area is 151 Å². The number of nitrogens with zero attached hydrogens (tertiary/aromatic N) is 2. The molecule has 0 N–H and O–H groups in total. The molecule has 0 fully saturated rings. The van der Waals surface area contributed by atoms with Gasteiger partial charge in [0.15, 0.2) is 0 Å². The van der Waals surface area contributed by atoms with E-state index in [0.29, 0.717) is 0 Å². The molecule has 0 aliphatic heterocycles. The lowest BCUT2D eigenvalue weighted by Crippen LogP contribution is -3.00. The van der Waals surface area contributed by atoms with E-state index in [1.807, 2.05) is 48.5 Å². The molecule has 4 heteroatoms. The minimum atomic E-state index is 0. The summed E-state index contributed by atoms with van der Waals surface area (Å²) in [5.41, 5.74) is 5.24. The number of hydrogen-bond acceptors (Lipinski definition) is 2. The molecule has 0 atom stereocenters. The number of hydrogen-bond donors (Lipinski definition) is 0. The van der Waals surface area contributed by atoms with Gasteiger partial charge in [-0.25, -0.2) is 4.98 Å². The monoisotopic (exact) mass is 414 g/mol. The van der Waals surface area contributed by atoms with Crippen LogP contribution < -0.4 is 33.3 Å². The third-order valence-corrected chi connectivity index (χ3v) is 3.82. The van der Waals surface area contributed by atoms with Gasteiger partial charge in [-0.05, 0) is 24.3 Å². The van der Waals surface area contributed by atoms with Crippen LogP contribution in [0.4, 0.5) is 0 Å². The molecule has 23 heavy (non-hydrogen) atoms. The maximum atomic E-state index is 5.26. The minimum absolute atomic E-state index is 0. The van der Waals surface area contributed by atoms with Crippen LogP contribution in [0.2, 0.25) is 0 Å². The van der Waals surface area contributed by atoms with Crippen LogP contribution in [-0.2, 0) is 0 Å². The Balaban J connectivity index is 0.00000156. The molecule has 4 rings (SSSR count). The number of ether oxygens (including phenoxy) is 1. The van der Waals surface area contributed by atoms with E-state index in [1.54, 1.807) is 7.11 Å². The van der Waals surface area contributed by atoms with E-state index in [2.05, 4.69) is 28.8 Å². The van der Waals surface area contributed by atoms with Crippen molar-refractivity contribution in [1.82, 2.24) is 4.98 Å². The average Bonchev–Trinajstić information content (AvgIpc) is 2.60. The molecule has 0 saturated carbocycles. The van der Waals surface area contributed by atoms with Crippen molar-refractivity contribution in [2.24, 2.45) is 0 Å². The first kappa shape index (κ1) is 15.7. The fraction of sp³-hybridized carbons (Fsp3) is 0.0526. The maximum absolute atomic E-state index is 5.26. The van der Waals surface area contributed by atoms with Crippen LogP contribution in [0.15, 0.2) is 72.8 Å². The first-order chi connectivity index (χ1) is 10.9. The van der Waals surface area contributed by atoms with Gasteiger partial charge in [-0.1, -0.05) is 24.3 Å². The molecule has 3 nitrogen and oxygen atoms in total. The van der Waals surface area contributed by atoms with Crippen LogP contribution in [0.5, 0.6) is 5.75 Å². The zero-order chi connectivity index (χ0) is 14.9. The van der Waals surface area contributed by atoms with Gasteiger partial charge in [0.1, 0.15) is 16.8 Å². The third kappa shape index (κ3) is 2.74. The van der Waals surface area contributed by atoms with Gasteiger partial charge in [0.25, 0.3) is 0 Å². The summed E-state index contributed by atoms with van der Waals surface area (Å²) in [5.74, 6) is 0.854. The normalized spacial score (nSPS) is 10.5. The number of methoxy groups -OCH3 is 1. The molecule has 0 aliphatic carbocycles. The second-order valence-corrected chi connectivity index (χ2v) is 5.12. The van der Waals surface area contributed by atoms with E-state index in [9.17, 15) is 0 Å². The number of aromatic nitrogens is 2. The quantitative estimate of drug-likeness (QED) is 0.274. The summed E-state index contributed by atoms with van der Waals surface area (Å²) in [6.07, 6.45) is 0. The van der Waals surface area contributed by atoms with Crippen molar-refractivity contribution in [2.75, 3.05) is 7.11 Å². The van der Waals surface area contributed by atoms with Gasteiger partial charge in [-0.15, -0.1) is 4.57 Å². The second-order valence-electron chi connectivity index (χ2n) is 5.12. The number of fused-ring (bicyclic) bond motifs is 2. The van der Waals surface area contributed by atoms with Crippen LogP contribution in [0.3, 0.4) is 0 Å². The predicted octanol–water partition coefficient (Wildman–Crippen LogP) is 0.677. The lowest BCUT2D eigenvalue weighted by Gasteiger charge is -2.05. The van der Waals surface area contributed by atoms with Crippen molar-refractivity contribution < 1.29 is 33.3 Å². The van der Waals surface area contributed by atoms with Crippen molar-refractivity contribution in [2.45, 2.75) is 0 Å². The van der Waals surface area contributed by atoms with E-state index >= 15 is 0 Å². The smallest absolute Gasteiger partial charge is 0.237 e. The first-order valence-electron chi connectivity index (χ1n) is 7.21. The Morgan fingerprint density at radius 3 is 1.78 bits per heavy atom. The van der Waals surface area contributed by atoms with Crippen LogP contribution in [0.25, 0.3) is 27.8 Å². The van der Waals surface area contributed by atoms with Crippen LogP contribution in [0.1, 0.15) is 0 Å². The topological polar surface area (TPSA) is 26.0 Å². The zero-order valence-electron chi connectivity index (χ0n) is 12.6. The van der Waals surface area contributed by atoms with Crippen LogP contribution >= 0.6 is 0 Å². The molecule has 0 aliphatic rings. The third-order valence-electron chi connectivity index (χ3n) is 3.82. The number of para-hydroxylation sites is 4. The van der Waals surface area contributed by atoms with Crippen molar-refractivity contribution in [3.8, 4) is 11.4 Å². The predicted molar refractivity (Wildman–Crippen MR) is 87.3 cm³/mol. The first-order valence-corrected chi connectivity index (χ1v) is 7.21. The highest BCUT2D eigenvalue weighted by atomic mass is 127. The number of halogens is 1. The summed E-state index contributed by atoms with van der Waals surface area (Å²) in [6, 6.07) is 24.5. The van der Waals surface area contributed by atoms with E-state index in [0.717, 1.165) is 33.5 Å². The lowest BCUT2D eigenvalue weighted by atomic mass is 10.2. The Morgan fingerprint density at radius 2 is 1.26 bits per heavy atom. The summed E-state index contributed by atoms with van der Waals surface area (Å²) in [5, 5.41) is 0. The molecule has 0 spiro atoms. The molecular weight excluding hydrogens is 399 g/mol. The van der Waals surface area contributed by atoms with Gasteiger partial charge >= 0.3 is 0 Å². The minimum Gasteiger partial charge on any atom is -1.00 e. The van der Waals surface area contributed by atoms with E-state index in [-0.39, 0.29) is 24.0 Å². The molecule has 0 unspecified atom stereocenters. The van der Waals surface area contributed by atoms with Crippen LogP contribution in [0, 0.1) is 0 Å². The molecule has 0 bridgehead atoms. The van der Waals surface area contributed by atoms with Gasteiger partial charge in [0.2, 0.25) is 16.7 Å². The van der Waals surface area contributed by atoms with Gasteiger partial charge in [0.05, 0.1) is 7.11 Å². The highest BCUT2D eigenvalue weighted by Gasteiger charge is 2.18. The summed E-state index contributed by atoms with van der Waals surface area (Å²) >= 11 is 0. The molecule has 1 aromatic heterocycles. The summed E-state index contributed by atoms with van der Waals surface area (Å²) in [4.78, 5) is 4.75. The van der Waals surface area contributed by atoms with Crippen molar-refractivity contribution >= 4 is 22.1 Å².